The summed E-state index contributed by atoms with van der Waals surface area (Å²) in [6, 6.07) is 9.37. The number of amides is 1. The zero-order chi connectivity index (χ0) is 18.6. The lowest BCUT2D eigenvalue weighted by molar-refractivity contribution is -0.134. The van der Waals surface area contributed by atoms with E-state index in [1.165, 1.54) is 16.6 Å². The number of rotatable bonds is 6. The number of tetrazole rings is 1. The predicted octanol–water partition coefficient (Wildman–Crippen LogP) is 1.98. The molecule has 0 radical (unpaired) electrons. The van der Waals surface area contributed by atoms with Gasteiger partial charge >= 0.3 is 0 Å². The van der Waals surface area contributed by atoms with Crippen LogP contribution in [0, 0.1) is 0 Å². The Bertz CT molecular complexity index is 890. The predicted molar refractivity (Wildman–Crippen MR) is 96.6 cm³/mol. The molecule has 1 aliphatic rings. The van der Waals surface area contributed by atoms with Gasteiger partial charge in [-0.1, -0.05) is 35.5 Å². The summed E-state index contributed by atoms with van der Waals surface area (Å²) < 4.78 is 6.99. The van der Waals surface area contributed by atoms with Gasteiger partial charge in [-0.2, -0.15) is 0 Å². The quantitative estimate of drug-likeness (QED) is 0.663. The maximum Gasteiger partial charge on any atom is 0.248 e. The first-order valence-electron chi connectivity index (χ1n) is 9.20. The molecule has 140 valence electrons. The first kappa shape index (κ1) is 17.4. The molecule has 1 atom stereocenters. The van der Waals surface area contributed by atoms with Gasteiger partial charge < -0.3 is 9.42 Å². The number of carbonyl (C=O) groups is 1. The number of benzene rings is 1. The van der Waals surface area contributed by atoms with Crippen molar-refractivity contribution in [2.45, 2.75) is 44.7 Å². The second kappa shape index (κ2) is 7.69. The van der Waals surface area contributed by atoms with Crippen molar-refractivity contribution in [3.8, 4) is 0 Å². The molecule has 1 aliphatic carbocycles. The summed E-state index contributed by atoms with van der Waals surface area (Å²) in [5.74, 6) is 0.914. The number of aromatic nitrogens is 5. The Morgan fingerprint density at radius 3 is 2.85 bits per heavy atom. The molecule has 0 N–H and O–H groups in total. The molecule has 0 spiro atoms. The summed E-state index contributed by atoms with van der Waals surface area (Å²) in [5.41, 5.74) is 3.08. The lowest BCUT2D eigenvalue weighted by Crippen LogP contribution is -2.36. The highest BCUT2D eigenvalue weighted by molar-refractivity contribution is 5.80. The first-order chi connectivity index (χ1) is 13.2. The molecule has 2 aromatic heterocycles. The number of carbonyl (C=O) groups excluding carboxylic acids is 1. The minimum atomic E-state index is -0.505. The van der Waals surface area contributed by atoms with E-state index in [1.807, 2.05) is 30.3 Å². The third-order valence-corrected chi connectivity index (χ3v) is 5.04. The summed E-state index contributed by atoms with van der Waals surface area (Å²) in [5, 5.41) is 15.6. The van der Waals surface area contributed by atoms with E-state index in [9.17, 15) is 4.79 Å². The Balaban J connectivity index is 1.53. The number of aryl methyl sites for hydroxylation is 1. The Hall–Kier alpha value is -3.03. The van der Waals surface area contributed by atoms with Crippen molar-refractivity contribution in [3.05, 3.63) is 59.2 Å². The van der Waals surface area contributed by atoms with Gasteiger partial charge in [0, 0.05) is 25.5 Å². The standard InChI is InChI=1S/C19H22N6O2/c1-24(12-16-15-9-5-6-10-18(15)27-21-16)19(26)17(25-13-20-22-23-25)11-14-7-3-2-4-8-14/h2-4,7-8,13,17H,5-6,9-12H2,1H3/t17-/m0/s1. The molecule has 2 heterocycles. The zero-order valence-electron chi connectivity index (χ0n) is 15.3. The largest absolute Gasteiger partial charge is 0.361 e. The number of fused-ring (bicyclic) bond motifs is 1. The van der Waals surface area contributed by atoms with E-state index in [1.54, 1.807) is 11.9 Å². The van der Waals surface area contributed by atoms with Crippen molar-refractivity contribution in [3.63, 3.8) is 0 Å². The Labute approximate surface area is 157 Å². The molecule has 1 amide bonds. The molecule has 0 saturated heterocycles. The number of hydrogen-bond donors (Lipinski definition) is 0. The minimum absolute atomic E-state index is 0.0567. The smallest absolute Gasteiger partial charge is 0.248 e. The number of nitrogens with zero attached hydrogens (tertiary/aromatic N) is 6. The van der Waals surface area contributed by atoms with Gasteiger partial charge in [0.25, 0.3) is 0 Å². The van der Waals surface area contributed by atoms with Crippen LogP contribution in [-0.2, 0) is 30.6 Å². The minimum Gasteiger partial charge on any atom is -0.361 e. The first-order valence-corrected chi connectivity index (χ1v) is 9.20. The fraction of sp³-hybridized carbons (Fsp3) is 0.421. The van der Waals surface area contributed by atoms with Crippen LogP contribution in [0.3, 0.4) is 0 Å². The molecule has 3 aromatic rings. The Morgan fingerprint density at radius 1 is 1.26 bits per heavy atom. The molecular formula is C19H22N6O2. The lowest BCUT2D eigenvalue weighted by atomic mass is 9.96. The van der Waals surface area contributed by atoms with Gasteiger partial charge in [0.15, 0.2) is 0 Å². The van der Waals surface area contributed by atoms with Gasteiger partial charge in [0.1, 0.15) is 23.8 Å². The van der Waals surface area contributed by atoms with Crippen LogP contribution in [-0.4, -0.2) is 43.2 Å². The molecule has 0 bridgehead atoms. The summed E-state index contributed by atoms with van der Waals surface area (Å²) in [4.78, 5) is 14.9. The van der Waals surface area contributed by atoms with E-state index < -0.39 is 6.04 Å². The fourth-order valence-corrected chi connectivity index (χ4v) is 3.57. The van der Waals surface area contributed by atoms with Crippen molar-refractivity contribution in [1.82, 2.24) is 30.3 Å². The second-order valence-electron chi connectivity index (χ2n) is 6.93. The fourth-order valence-electron chi connectivity index (χ4n) is 3.57. The van der Waals surface area contributed by atoms with E-state index in [0.29, 0.717) is 13.0 Å². The highest BCUT2D eigenvalue weighted by Gasteiger charge is 2.28. The van der Waals surface area contributed by atoms with Gasteiger partial charge in [-0.3, -0.25) is 4.79 Å². The summed E-state index contributed by atoms with van der Waals surface area (Å²) in [6.07, 6.45) is 6.18. The number of hydrogen-bond acceptors (Lipinski definition) is 6. The monoisotopic (exact) mass is 366 g/mol. The maximum atomic E-state index is 13.2. The van der Waals surface area contributed by atoms with Crippen molar-refractivity contribution in [1.29, 1.82) is 0 Å². The summed E-state index contributed by atoms with van der Waals surface area (Å²) >= 11 is 0. The van der Waals surface area contributed by atoms with Crippen LogP contribution in [0.15, 0.2) is 41.2 Å². The van der Waals surface area contributed by atoms with Gasteiger partial charge in [0.05, 0.1) is 6.54 Å². The van der Waals surface area contributed by atoms with E-state index in [2.05, 4.69) is 20.7 Å². The van der Waals surface area contributed by atoms with Crippen LogP contribution in [0.4, 0.5) is 0 Å². The van der Waals surface area contributed by atoms with Gasteiger partial charge in [-0.25, -0.2) is 4.68 Å². The number of likely N-dealkylation sites (N-methyl/N-ethyl adjacent to an activating group) is 1. The van der Waals surface area contributed by atoms with E-state index in [0.717, 1.165) is 42.7 Å². The van der Waals surface area contributed by atoms with Crippen LogP contribution in [0.25, 0.3) is 0 Å². The van der Waals surface area contributed by atoms with Crippen LogP contribution < -0.4 is 0 Å². The lowest BCUT2D eigenvalue weighted by Gasteiger charge is -2.23. The van der Waals surface area contributed by atoms with E-state index in [-0.39, 0.29) is 5.91 Å². The molecule has 1 aromatic carbocycles. The molecule has 0 unspecified atom stereocenters. The van der Waals surface area contributed by atoms with Gasteiger partial charge in [-0.05, 0) is 35.3 Å². The Kier molecular flexibility index (Phi) is 4.95. The normalized spacial score (nSPS) is 14.6. The molecular weight excluding hydrogens is 344 g/mol. The molecule has 8 nitrogen and oxygen atoms in total. The summed E-state index contributed by atoms with van der Waals surface area (Å²) in [7, 11) is 1.79. The summed E-state index contributed by atoms with van der Waals surface area (Å²) in [6.45, 7) is 0.422. The van der Waals surface area contributed by atoms with Crippen LogP contribution in [0.1, 0.15) is 41.5 Å². The molecule has 4 rings (SSSR count). The van der Waals surface area contributed by atoms with Crippen molar-refractivity contribution in [2.24, 2.45) is 0 Å². The average Bonchev–Trinajstić information content (AvgIpc) is 3.37. The average molecular weight is 366 g/mol. The maximum absolute atomic E-state index is 13.2. The molecule has 27 heavy (non-hydrogen) atoms. The van der Waals surface area contributed by atoms with E-state index in [4.69, 9.17) is 4.52 Å². The molecule has 0 saturated carbocycles. The highest BCUT2D eigenvalue weighted by atomic mass is 16.5. The third kappa shape index (κ3) is 3.74. The van der Waals surface area contributed by atoms with Crippen LogP contribution in [0.2, 0.25) is 0 Å². The van der Waals surface area contributed by atoms with Crippen LogP contribution >= 0.6 is 0 Å². The molecule has 8 heteroatoms. The molecule has 0 fully saturated rings. The van der Waals surface area contributed by atoms with Crippen molar-refractivity contribution < 1.29 is 9.32 Å². The Morgan fingerprint density at radius 2 is 2.07 bits per heavy atom. The molecule has 0 aliphatic heterocycles. The SMILES string of the molecule is CN(Cc1noc2c1CCCC2)C(=O)[C@H](Cc1ccccc1)n1cnnn1. The van der Waals surface area contributed by atoms with Crippen molar-refractivity contribution >= 4 is 5.91 Å². The van der Waals surface area contributed by atoms with Crippen LogP contribution in [0.5, 0.6) is 0 Å². The van der Waals surface area contributed by atoms with Gasteiger partial charge in [0.2, 0.25) is 5.91 Å². The highest BCUT2D eigenvalue weighted by Crippen LogP contribution is 2.25. The van der Waals surface area contributed by atoms with Gasteiger partial charge in [-0.15, -0.1) is 5.10 Å². The van der Waals surface area contributed by atoms with E-state index >= 15 is 0 Å². The topological polar surface area (TPSA) is 89.9 Å². The third-order valence-electron chi connectivity index (χ3n) is 5.04. The second-order valence-corrected chi connectivity index (χ2v) is 6.93. The van der Waals surface area contributed by atoms with Crippen molar-refractivity contribution in [2.75, 3.05) is 7.05 Å². The zero-order valence-corrected chi connectivity index (χ0v) is 15.3.